The van der Waals surface area contributed by atoms with Crippen LogP contribution in [0.5, 0.6) is 46.0 Å². The quantitative estimate of drug-likeness (QED) is 0.0456. The number of aliphatic carboxylic acids is 2. The minimum atomic E-state index is -2.39. The van der Waals surface area contributed by atoms with Crippen molar-refractivity contribution < 1.29 is 132 Å². The maximum atomic E-state index is 16.1. The number of likely N-dealkylation sites (N-methyl/N-ethyl adjacent to an activating group) is 1. The number of halogens is 2. The Hall–Kier alpha value is -9.77. The van der Waals surface area contributed by atoms with Gasteiger partial charge in [0.2, 0.25) is 53.4 Å². The Morgan fingerprint density at radius 3 is 1.94 bits per heavy atom. The van der Waals surface area contributed by atoms with Gasteiger partial charge in [-0.3, -0.25) is 33.6 Å². The molecule has 19 atom stereocenters. The Bertz CT molecular complexity index is 4370. The van der Waals surface area contributed by atoms with E-state index in [1.165, 1.54) is 33.0 Å². The number of aliphatic hydroxyl groups excluding tert-OH is 6. The molecule has 36 nitrogen and oxygen atoms in total. The van der Waals surface area contributed by atoms with Gasteiger partial charge in [-0.05, 0) is 117 Å². The van der Waals surface area contributed by atoms with E-state index in [9.17, 15) is 84.9 Å². The van der Waals surface area contributed by atoms with Crippen LogP contribution in [0.3, 0.4) is 0 Å². The third kappa shape index (κ3) is 18.7. The molecule has 2 fully saturated rings. The summed E-state index contributed by atoms with van der Waals surface area (Å²) >= 11 is 14.2. The summed E-state index contributed by atoms with van der Waals surface area (Å²) in [5.41, 5.74) is 1.31. The summed E-state index contributed by atoms with van der Waals surface area (Å²) < 4.78 is 44.6. The number of carbonyl (C=O) groups excluding carboxylic acids is 7. The van der Waals surface area contributed by atoms with Crippen LogP contribution < -0.4 is 62.5 Å². The molecule has 600 valence electrons. The van der Waals surface area contributed by atoms with Crippen molar-refractivity contribution >= 4 is 76.5 Å². The van der Waals surface area contributed by atoms with Gasteiger partial charge in [0.25, 0.3) is 0 Å². The molecular formula is C73H87Cl2N9O27. The molecule has 11 bridgehead atoms. The highest BCUT2D eigenvalue weighted by molar-refractivity contribution is 6.32. The molecule has 0 radical (unpaired) electrons. The number of rotatable bonds is 21. The Morgan fingerprint density at radius 2 is 1.34 bits per heavy atom. The number of hydrogen-bond acceptors (Lipinski definition) is 27. The summed E-state index contributed by atoms with van der Waals surface area (Å²) in [7, 11) is 1.46. The summed E-state index contributed by atoms with van der Waals surface area (Å²) in [6.07, 6.45) is -19.7. The smallest absolute Gasteiger partial charge is 0.334 e. The van der Waals surface area contributed by atoms with Gasteiger partial charge >= 0.3 is 11.9 Å². The maximum Gasteiger partial charge on any atom is 0.334 e. The molecule has 7 aliphatic heterocycles. The summed E-state index contributed by atoms with van der Waals surface area (Å²) in [5, 5.41) is 145. The molecule has 21 N–H and O–H groups in total. The minimum absolute atomic E-state index is 0.0984. The number of fused-ring (bicyclic) bond motifs is 15. The van der Waals surface area contributed by atoms with Crippen LogP contribution in [0, 0.1) is 5.92 Å². The van der Waals surface area contributed by atoms with Crippen molar-refractivity contribution in [3.8, 4) is 57.1 Å². The van der Waals surface area contributed by atoms with Crippen molar-refractivity contribution in [3.05, 3.63) is 117 Å². The number of aliphatic hydroxyl groups is 6. The van der Waals surface area contributed by atoms with Crippen molar-refractivity contribution in [1.82, 2.24) is 42.5 Å². The zero-order valence-corrected chi connectivity index (χ0v) is 61.9. The van der Waals surface area contributed by atoms with Crippen LogP contribution in [0.1, 0.15) is 125 Å². The number of aromatic hydroxyl groups is 3. The van der Waals surface area contributed by atoms with Gasteiger partial charge in [0.15, 0.2) is 36.0 Å². The summed E-state index contributed by atoms with van der Waals surface area (Å²) in [4.78, 5) is 130. The van der Waals surface area contributed by atoms with Gasteiger partial charge in [0, 0.05) is 47.9 Å². The summed E-state index contributed by atoms with van der Waals surface area (Å²) in [5.74, 6) is -17.7. The first kappa shape index (κ1) is 83.7. The molecule has 38 heteroatoms. The van der Waals surface area contributed by atoms with Gasteiger partial charge in [-0.15, -0.1) is 0 Å². The standard InChI is InChI=1S/C73H87Cl2N9O27/c1-7-8-15-105-47(70(101)102)26-78-73(5)25-50(106-29(4)63(73)94)110-62-60(93)59(92)48(27-85)109-72(62)111-61-45-20-33-21-46(61)108-44-14-11-32(19-38(44)75)58(91)56-69(100)82-54(71(103)104)36-22-34(86)23-42(88)51(36)35-17-30(9-12-41(35)87)52(66(97)84-56)81-67(98)53(33)80-65(96)40(24-49(76)89)79-68(99)55(83-64(95)39(77-6)16-28(2)3)57(90)31-10-13-43(107-45)37(74)18-31/h9-14,17-23,28-29,39-40,47-48,50,52-60,62-63,72,77-78,85-88,90-94H,7-8,15-16,24-27H2,1-6H3,(H2,76,89)(H,79,99)(H,80,96)(H,81,98)(H,82,100)(H,83,95)(H,84,97)(H,101,102)(H,103,104)/t29-,39+,40-,47?,48+,50-,52+,53+,54-,55+,56-,57+,58+,59+,60-,62+,63+,72-,73-/m0/s1. The maximum absolute atomic E-state index is 16.1. The molecule has 0 aromatic heterocycles. The van der Waals surface area contributed by atoms with E-state index in [0.717, 1.165) is 66.7 Å². The highest BCUT2D eigenvalue weighted by Crippen LogP contribution is 2.50. The molecule has 5 aromatic carbocycles. The molecule has 0 saturated carbocycles. The van der Waals surface area contributed by atoms with E-state index in [0.29, 0.717) is 12.8 Å². The predicted octanol–water partition coefficient (Wildman–Crippen LogP) is 1.01. The lowest BCUT2D eigenvalue weighted by molar-refractivity contribution is -0.334. The van der Waals surface area contributed by atoms with Crippen LogP contribution in [0.15, 0.2) is 78.9 Å². The first-order chi connectivity index (χ1) is 52.5. The SMILES string of the molecule is CCCCOC(CN[C@@]1(C)C[C@H](O[C@H]2[C@H](Oc3c4cc5cc3Oc3ccc(cc3Cl)[C@@H](O)[C@@H](NC(=O)[C@@H](CC(C)C)NC)C(=O)N[C@@H](CC(N)=O)C(=O)N[C@H]5C(=O)N[C@H]3C(=O)N[C@H](C(=O)N[C@H](C(=O)O)c5cc(O)cc(O)c5-c5cc3ccc5O)[C@H](O)c3ccc(c(Cl)c3)O4)O[C@H](CO)[C@@H](O)[C@@H]2O)O[C@@H](C)[C@H]1O)C(=O)O. The number of unbranched alkanes of at least 4 members (excludes halogenated alkanes) is 1. The number of carboxylic acids is 2. The number of carboxylic acid groups (broad SMARTS) is 2. The molecule has 7 amide bonds. The van der Waals surface area contributed by atoms with Crippen molar-refractivity contribution in [3.63, 3.8) is 0 Å². The molecule has 1 unspecified atom stereocenters. The monoisotopic (exact) mass is 1590 g/mol. The average Bonchev–Trinajstić information content (AvgIpc) is 0.762. The Labute approximate surface area is 643 Å². The highest BCUT2D eigenvalue weighted by Gasteiger charge is 2.52. The second-order valence-corrected chi connectivity index (χ2v) is 28.9. The first-order valence-corrected chi connectivity index (χ1v) is 36.0. The fraction of sp³-hybridized carbons (Fsp3) is 0.466. The molecule has 7 heterocycles. The molecule has 5 aromatic rings. The topological polar surface area (TPSA) is 563 Å². The molecule has 0 aliphatic carbocycles. The number of benzene rings is 5. The molecule has 111 heavy (non-hydrogen) atoms. The molecule has 2 saturated heterocycles. The Balaban J connectivity index is 1.21. The second-order valence-electron chi connectivity index (χ2n) is 28.1. The fourth-order valence-electron chi connectivity index (χ4n) is 13.6. The lowest BCUT2D eigenvalue weighted by Gasteiger charge is -2.48. The number of carbonyl (C=O) groups is 9. The number of primary amides is 1. The van der Waals surface area contributed by atoms with Gasteiger partial charge in [0.05, 0.1) is 41.3 Å². The van der Waals surface area contributed by atoms with E-state index >= 15 is 14.4 Å². The van der Waals surface area contributed by atoms with Gasteiger partial charge < -0.3 is 138 Å². The third-order valence-corrected chi connectivity index (χ3v) is 20.1. The number of hydrogen-bond donors (Lipinski definition) is 20. The number of phenols is 3. The van der Waals surface area contributed by atoms with E-state index in [4.69, 9.17) is 62.1 Å². The molecule has 0 spiro atoms. The van der Waals surface area contributed by atoms with Gasteiger partial charge in [-0.1, -0.05) is 68.6 Å². The highest BCUT2D eigenvalue weighted by atomic mass is 35.5. The molecule has 7 aliphatic rings. The number of phenolic OH excluding ortho intramolecular Hbond substituents is 3. The van der Waals surface area contributed by atoms with Crippen molar-refractivity contribution in [2.75, 3.05) is 26.8 Å². The van der Waals surface area contributed by atoms with Crippen LogP contribution in [-0.2, 0) is 62.1 Å². The molecular weight excluding hydrogens is 1510 g/mol. The van der Waals surface area contributed by atoms with Gasteiger partial charge in [0.1, 0.15) is 89.5 Å². The van der Waals surface area contributed by atoms with E-state index < -0.39 is 254 Å². The van der Waals surface area contributed by atoms with E-state index in [-0.39, 0.29) is 54.4 Å². The van der Waals surface area contributed by atoms with Gasteiger partial charge in [-0.25, -0.2) is 9.59 Å². The van der Waals surface area contributed by atoms with Crippen molar-refractivity contribution in [2.24, 2.45) is 11.7 Å². The van der Waals surface area contributed by atoms with Gasteiger partial charge in [-0.2, -0.15) is 0 Å². The second kappa shape index (κ2) is 35.3. The van der Waals surface area contributed by atoms with Crippen LogP contribution in [-0.4, -0.2) is 221 Å². The van der Waals surface area contributed by atoms with E-state index in [1.54, 1.807) is 0 Å². The molecule has 12 rings (SSSR count). The zero-order chi connectivity index (χ0) is 80.9. The Morgan fingerprint density at radius 1 is 0.721 bits per heavy atom. The average molecular weight is 1590 g/mol. The minimum Gasteiger partial charge on any atom is -0.508 e. The van der Waals surface area contributed by atoms with Crippen molar-refractivity contribution in [2.45, 2.75) is 182 Å². The van der Waals surface area contributed by atoms with Crippen LogP contribution >= 0.6 is 23.2 Å². The van der Waals surface area contributed by atoms with E-state index in [2.05, 4.69) is 42.5 Å². The largest absolute Gasteiger partial charge is 0.508 e. The lowest BCUT2D eigenvalue weighted by atomic mass is 9.84. The summed E-state index contributed by atoms with van der Waals surface area (Å²) in [6, 6.07) is -1.06. The zero-order valence-electron chi connectivity index (χ0n) is 60.4. The fourth-order valence-corrected chi connectivity index (χ4v) is 14.0. The van der Waals surface area contributed by atoms with E-state index in [1.807, 2.05) is 20.8 Å². The number of amides is 7. The predicted molar refractivity (Wildman–Crippen MR) is 385 cm³/mol. The normalized spacial score (nSPS) is 28.1. The van der Waals surface area contributed by atoms with Crippen LogP contribution in [0.2, 0.25) is 10.0 Å². The summed E-state index contributed by atoms with van der Waals surface area (Å²) in [6.45, 7) is 7.24. The number of nitrogens with two attached hydrogens (primary N) is 1. The Kier molecular flexibility index (Phi) is 26.6. The number of ether oxygens (including phenoxy) is 7. The number of nitrogens with one attached hydrogen (secondary N) is 8. The first-order valence-electron chi connectivity index (χ1n) is 35.3. The van der Waals surface area contributed by atoms with Crippen molar-refractivity contribution in [1.29, 1.82) is 0 Å². The lowest BCUT2D eigenvalue weighted by Crippen LogP contribution is -2.66. The van der Waals surface area contributed by atoms with Crippen LogP contribution in [0.4, 0.5) is 0 Å². The van der Waals surface area contributed by atoms with Crippen LogP contribution in [0.25, 0.3) is 11.1 Å². The third-order valence-electron chi connectivity index (χ3n) is 19.5.